The number of aromatic nitrogens is 3. The molecular formula is C21H24N4OS. The van der Waals surface area contributed by atoms with E-state index in [1.807, 2.05) is 51.7 Å². The van der Waals surface area contributed by atoms with Crippen molar-refractivity contribution in [2.75, 3.05) is 20.2 Å². The molecule has 0 spiro atoms. The van der Waals surface area contributed by atoms with E-state index in [9.17, 15) is 0 Å². The quantitative estimate of drug-likeness (QED) is 0.610. The second-order valence-electron chi connectivity index (χ2n) is 6.83. The standard InChI is InChI=1S/C21H24N4OS/c1-26-19-12-8-9-17(15-19)20-22-24(16-23-13-6-3-7-14-23)21(27)25(20)18-10-4-2-5-11-18/h2,4-5,8-12,15H,3,6-7,13-14,16H2,1H3. The highest BCUT2D eigenvalue weighted by Crippen LogP contribution is 2.26. The van der Waals surface area contributed by atoms with Gasteiger partial charge < -0.3 is 4.74 Å². The summed E-state index contributed by atoms with van der Waals surface area (Å²) in [6, 6.07) is 18.1. The third-order valence-corrected chi connectivity index (χ3v) is 5.36. The zero-order chi connectivity index (χ0) is 18.6. The minimum Gasteiger partial charge on any atom is -0.497 e. The van der Waals surface area contributed by atoms with E-state index in [0.717, 1.165) is 42.6 Å². The molecular weight excluding hydrogens is 356 g/mol. The van der Waals surface area contributed by atoms with Gasteiger partial charge in [0.15, 0.2) is 5.82 Å². The smallest absolute Gasteiger partial charge is 0.204 e. The fourth-order valence-electron chi connectivity index (χ4n) is 3.55. The van der Waals surface area contributed by atoms with E-state index in [0.29, 0.717) is 4.77 Å². The molecule has 1 aliphatic heterocycles. The van der Waals surface area contributed by atoms with Crippen LogP contribution in [0.15, 0.2) is 54.6 Å². The van der Waals surface area contributed by atoms with Crippen LogP contribution < -0.4 is 4.74 Å². The summed E-state index contributed by atoms with van der Waals surface area (Å²) in [7, 11) is 1.68. The van der Waals surface area contributed by atoms with Crippen LogP contribution >= 0.6 is 12.2 Å². The van der Waals surface area contributed by atoms with Crippen molar-refractivity contribution in [3.8, 4) is 22.8 Å². The maximum Gasteiger partial charge on any atom is 0.204 e. The zero-order valence-corrected chi connectivity index (χ0v) is 16.4. The van der Waals surface area contributed by atoms with Gasteiger partial charge in [-0.05, 0) is 62.4 Å². The first kappa shape index (κ1) is 17.9. The van der Waals surface area contributed by atoms with Gasteiger partial charge in [0.1, 0.15) is 5.75 Å². The highest BCUT2D eigenvalue weighted by Gasteiger charge is 2.17. The molecule has 1 aliphatic rings. The van der Waals surface area contributed by atoms with Crippen molar-refractivity contribution in [1.29, 1.82) is 0 Å². The molecule has 0 saturated carbocycles. The molecule has 27 heavy (non-hydrogen) atoms. The van der Waals surface area contributed by atoms with Gasteiger partial charge in [-0.2, -0.15) is 0 Å². The maximum absolute atomic E-state index is 5.83. The van der Waals surface area contributed by atoms with Crippen LogP contribution in [0.5, 0.6) is 5.75 Å². The van der Waals surface area contributed by atoms with Crippen molar-refractivity contribution in [3.63, 3.8) is 0 Å². The summed E-state index contributed by atoms with van der Waals surface area (Å²) < 4.78 is 10.1. The maximum atomic E-state index is 5.83. The highest BCUT2D eigenvalue weighted by molar-refractivity contribution is 7.71. The van der Waals surface area contributed by atoms with Crippen molar-refractivity contribution in [3.05, 3.63) is 59.4 Å². The summed E-state index contributed by atoms with van der Waals surface area (Å²) in [6.07, 6.45) is 3.81. The SMILES string of the molecule is COc1cccc(-c2nn(CN3CCCCC3)c(=S)n2-c2ccccc2)c1. The highest BCUT2D eigenvalue weighted by atomic mass is 32.1. The van der Waals surface area contributed by atoms with E-state index < -0.39 is 0 Å². The number of methoxy groups -OCH3 is 1. The first-order valence-electron chi connectivity index (χ1n) is 9.38. The second-order valence-corrected chi connectivity index (χ2v) is 7.19. The number of piperidine rings is 1. The third kappa shape index (κ3) is 3.82. The van der Waals surface area contributed by atoms with Crippen LogP contribution in [0, 0.1) is 4.77 Å². The molecule has 2 aromatic carbocycles. The second kappa shape index (κ2) is 8.06. The molecule has 2 heterocycles. The minimum atomic E-state index is 0.713. The van der Waals surface area contributed by atoms with E-state index in [1.165, 1.54) is 19.3 Å². The van der Waals surface area contributed by atoms with Crippen LogP contribution in [-0.2, 0) is 6.67 Å². The van der Waals surface area contributed by atoms with E-state index in [2.05, 4.69) is 17.0 Å². The Morgan fingerprint density at radius 2 is 1.78 bits per heavy atom. The Morgan fingerprint density at radius 3 is 2.52 bits per heavy atom. The van der Waals surface area contributed by atoms with E-state index in [4.69, 9.17) is 22.1 Å². The molecule has 0 unspecified atom stereocenters. The molecule has 6 heteroatoms. The molecule has 0 radical (unpaired) electrons. The first-order valence-corrected chi connectivity index (χ1v) is 9.79. The van der Waals surface area contributed by atoms with Gasteiger partial charge in [0.2, 0.25) is 4.77 Å². The summed E-state index contributed by atoms with van der Waals surface area (Å²) in [6.45, 7) is 2.94. The van der Waals surface area contributed by atoms with Crippen molar-refractivity contribution in [2.45, 2.75) is 25.9 Å². The van der Waals surface area contributed by atoms with E-state index >= 15 is 0 Å². The number of nitrogens with zero attached hydrogens (tertiary/aromatic N) is 4. The molecule has 5 nitrogen and oxygen atoms in total. The van der Waals surface area contributed by atoms with Gasteiger partial charge in [-0.25, -0.2) is 4.68 Å². The number of rotatable bonds is 5. The van der Waals surface area contributed by atoms with Crippen LogP contribution in [0.25, 0.3) is 17.1 Å². The topological polar surface area (TPSA) is 35.2 Å². The predicted octanol–water partition coefficient (Wildman–Crippen LogP) is 4.52. The van der Waals surface area contributed by atoms with Crippen molar-refractivity contribution in [1.82, 2.24) is 19.2 Å². The van der Waals surface area contributed by atoms with Gasteiger partial charge >= 0.3 is 0 Å². The summed E-state index contributed by atoms with van der Waals surface area (Å²) in [5.41, 5.74) is 2.01. The number of hydrogen-bond donors (Lipinski definition) is 0. The van der Waals surface area contributed by atoms with Gasteiger partial charge in [0, 0.05) is 11.3 Å². The molecule has 4 rings (SSSR count). The predicted molar refractivity (Wildman–Crippen MR) is 110 cm³/mol. The third-order valence-electron chi connectivity index (χ3n) is 4.96. The van der Waals surface area contributed by atoms with Crippen LogP contribution in [-0.4, -0.2) is 39.4 Å². The number of para-hydroxylation sites is 1. The largest absolute Gasteiger partial charge is 0.497 e. The first-order chi connectivity index (χ1) is 13.3. The number of likely N-dealkylation sites (tertiary alicyclic amines) is 1. The van der Waals surface area contributed by atoms with Crippen molar-refractivity contribution < 1.29 is 4.74 Å². The van der Waals surface area contributed by atoms with Gasteiger partial charge in [-0.1, -0.05) is 36.8 Å². The van der Waals surface area contributed by atoms with Crippen LogP contribution in [0.2, 0.25) is 0 Å². The summed E-state index contributed by atoms with van der Waals surface area (Å²) in [4.78, 5) is 2.43. The van der Waals surface area contributed by atoms with Gasteiger partial charge in [-0.3, -0.25) is 9.47 Å². The van der Waals surface area contributed by atoms with Crippen LogP contribution in [0.3, 0.4) is 0 Å². The van der Waals surface area contributed by atoms with Gasteiger partial charge in [0.05, 0.1) is 13.8 Å². The lowest BCUT2D eigenvalue weighted by molar-refractivity contribution is 0.172. The molecule has 1 fully saturated rings. The van der Waals surface area contributed by atoms with E-state index in [1.54, 1.807) is 7.11 Å². The Labute approximate surface area is 164 Å². The molecule has 0 aliphatic carbocycles. The Morgan fingerprint density at radius 1 is 1.00 bits per heavy atom. The van der Waals surface area contributed by atoms with Crippen LogP contribution in [0.1, 0.15) is 19.3 Å². The van der Waals surface area contributed by atoms with Gasteiger partial charge in [-0.15, -0.1) is 5.10 Å². The minimum absolute atomic E-state index is 0.713. The molecule has 3 aromatic rings. The number of ether oxygens (including phenoxy) is 1. The number of benzene rings is 2. The Balaban J connectivity index is 1.80. The molecule has 1 aromatic heterocycles. The Kier molecular flexibility index (Phi) is 5.36. The Hall–Kier alpha value is -2.44. The summed E-state index contributed by atoms with van der Waals surface area (Å²) in [5.74, 6) is 1.64. The normalized spacial score (nSPS) is 15.0. The lowest BCUT2D eigenvalue weighted by Crippen LogP contribution is -2.32. The lowest BCUT2D eigenvalue weighted by atomic mass is 10.1. The monoisotopic (exact) mass is 380 g/mol. The lowest BCUT2D eigenvalue weighted by Gasteiger charge is -2.25. The van der Waals surface area contributed by atoms with Crippen LogP contribution in [0.4, 0.5) is 0 Å². The van der Waals surface area contributed by atoms with Gasteiger partial charge in [0.25, 0.3) is 0 Å². The summed E-state index contributed by atoms with van der Waals surface area (Å²) in [5, 5.41) is 4.90. The fourth-order valence-corrected chi connectivity index (χ4v) is 3.84. The number of hydrogen-bond acceptors (Lipinski definition) is 4. The molecule has 1 saturated heterocycles. The zero-order valence-electron chi connectivity index (χ0n) is 15.5. The van der Waals surface area contributed by atoms with E-state index in [-0.39, 0.29) is 0 Å². The molecule has 140 valence electrons. The Bertz CT molecular complexity index is 958. The van der Waals surface area contributed by atoms with Crippen molar-refractivity contribution in [2.24, 2.45) is 0 Å². The van der Waals surface area contributed by atoms with Crippen molar-refractivity contribution >= 4 is 12.2 Å². The molecule has 0 amide bonds. The molecule has 0 atom stereocenters. The average Bonchev–Trinajstić information content (AvgIpc) is 3.05. The molecule has 0 N–H and O–H groups in total. The summed E-state index contributed by atoms with van der Waals surface area (Å²) >= 11 is 5.83. The fraction of sp³-hybridized carbons (Fsp3) is 0.333. The average molecular weight is 381 g/mol. The molecule has 0 bridgehead atoms.